The molecule has 0 aromatic rings. The Labute approximate surface area is 105 Å². The van der Waals surface area contributed by atoms with E-state index in [0.717, 1.165) is 24.2 Å². The van der Waals surface area contributed by atoms with Gasteiger partial charge in [-0.3, -0.25) is 0 Å². The topological polar surface area (TPSA) is 35.2 Å². The molecule has 3 atom stereocenters. The van der Waals surface area contributed by atoms with Gasteiger partial charge in [0.2, 0.25) is 0 Å². The Kier molecular flexibility index (Phi) is 7.50. The smallest absolute Gasteiger partial charge is 0.0705 e. The van der Waals surface area contributed by atoms with Gasteiger partial charge >= 0.3 is 0 Å². The van der Waals surface area contributed by atoms with Crippen LogP contribution in [0.4, 0.5) is 0 Å². The minimum atomic E-state index is 0.276. The van der Waals surface area contributed by atoms with Crippen LogP contribution in [0.5, 0.6) is 0 Å². The zero-order valence-corrected chi connectivity index (χ0v) is 11.6. The van der Waals surface area contributed by atoms with Crippen molar-refractivity contribution < 1.29 is 4.74 Å². The second kappa shape index (κ2) is 8.37. The Hall–Kier alpha value is 0.270. The van der Waals surface area contributed by atoms with Crippen molar-refractivity contribution in [3.05, 3.63) is 0 Å². The Morgan fingerprint density at radius 1 is 1.44 bits per heavy atom. The molecule has 0 heterocycles. The first-order valence-corrected chi connectivity index (χ1v) is 7.74. The molecule has 1 aliphatic carbocycles. The molecule has 0 radical (unpaired) electrons. The van der Waals surface area contributed by atoms with E-state index in [2.05, 4.69) is 18.7 Å². The van der Waals surface area contributed by atoms with Crippen molar-refractivity contribution in [1.29, 1.82) is 0 Å². The highest BCUT2D eigenvalue weighted by Crippen LogP contribution is 2.32. The van der Waals surface area contributed by atoms with Crippen LogP contribution in [0.2, 0.25) is 0 Å². The first kappa shape index (κ1) is 14.3. The van der Waals surface area contributed by atoms with E-state index in [4.69, 9.17) is 10.5 Å². The molecular weight excluding hydrogens is 218 g/mol. The molecule has 0 spiro atoms. The second-order valence-corrected chi connectivity index (χ2v) is 6.27. The average molecular weight is 245 g/mol. The molecule has 2 nitrogen and oxygen atoms in total. The molecular formula is C13H27NOS. The molecule has 2 N–H and O–H groups in total. The monoisotopic (exact) mass is 245 g/mol. The van der Waals surface area contributed by atoms with Crippen LogP contribution in [0.15, 0.2) is 0 Å². The Bertz CT molecular complexity index is 177. The molecule has 1 saturated carbocycles. The van der Waals surface area contributed by atoms with Gasteiger partial charge in [-0.05, 0) is 37.9 Å². The maximum Gasteiger partial charge on any atom is 0.0705 e. The van der Waals surface area contributed by atoms with Crippen LogP contribution in [0.3, 0.4) is 0 Å². The standard InChI is InChI=1S/C13H27NOS/c1-3-15-12(10-14)7-8-16-13-6-4-5-11(2)9-13/h11-13H,3-10,14H2,1-2H3. The number of hydrogen-bond donors (Lipinski definition) is 1. The predicted molar refractivity (Wildman–Crippen MR) is 73.0 cm³/mol. The molecule has 3 heteroatoms. The fourth-order valence-corrected chi connectivity index (χ4v) is 3.93. The lowest BCUT2D eigenvalue weighted by atomic mass is 9.91. The van der Waals surface area contributed by atoms with Crippen LogP contribution in [-0.4, -0.2) is 30.3 Å². The zero-order valence-electron chi connectivity index (χ0n) is 10.8. The quantitative estimate of drug-likeness (QED) is 0.749. The number of ether oxygens (including phenoxy) is 1. The summed E-state index contributed by atoms with van der Waals surface area (Å²) >= 11 is 2.14. The molecule has 0 aromatic carbocycles. The Balaban J connectivity index is 2.09. The second-order valence-electron chi connectivity index (χ2n) is 4.87. The van der Waals surface area contributed by atoms with E-state index in [1.54, 1.807) is 0 Å². The van der Waals surface area contributed by atoms with Crippen LogP contribution in [-0.2, 0) is 4.74 Å². The highest BCUT2D eigenvalue weighted by atomic mass is 32.2. The average Bonchev–Trinajstić information content (AvgIpc) is 2.28. The summed E-state index contributed by atoms with van der Waals surface area (Å²) in [6.07, 6.45) is 7.06. The van der Waals surface area contributed by atoms with Crippen molar-refractivity contribution in [3.8, 4) is 0 Å². The van der Waals surface area contributed by atoms with Crippen molar-refractivity contribution in [2.45, 2.75) is 57.3 Å². The molecule has 3 unspecified atom stereocenters. The zero-order chi connectivity index (χ0) is 11.8. The normalized spacial score (nSPS) is 27.9. The summed E-state index contributed by atoms with van der Waals surface area (Å²) in [7, 11) is 0. The number of hydrogen-bond acceptors (Lipinski definition) is 3. The maximum absolute atomic E-state index is 5.67. The molecule has 0 saturated heterocycles. The molecule has 0 amide bonds. The summed E-state index contributed by atoms with van der Waals surface area (Å²) in [4.78, 5) is 0. The number of thioether (sulfide) groups is 1. The van der Waals surface area contributed by atoms with Gasteiger partial charge in [-0.15, -0.1) is 0 Å². The van der Waals surface area contributed by atoms with Crippen molar-refractivity contribution in [3.63, 3.8) is 0 Å². The minimum absolute atomic E-state index is 0.276. The molecule has 16 heavy (non-hydrogen) atoms. The van der Waals surface area contributed by atoms with Gasteiger partial charge in [0, 0.05) is 18.4 Å². The van der Waals surface area contributed by atoms with Gasteiger partial charge in [0.25, 0.3) is 0 Å². The summed E-state index contributed by atoms with van der Waals surface area (Å²) in [6.45, 7) is 5.87. The first-order valence-electron chi connectivity index (χ1n) is 6.69. The summed E-state index contributed by atoms with van der Waals surface area (Å²) in [5.74, 6) is 2.14. The summed E-state index contributed by atoms with van der Waals surface area (Å²) in [6, 6.07) is 0. The van der Waals surface area contributed by atoms with Crippen LogP contribution < -0.4 is 5.73 Å². The van der Waals surface area contributed by atoms with Gasteiger partial charge in [0.05, 0.1) is 6.10 Å². The SMILES string of the molecule is CCOC(CN)CCSC1CCCC(C)C1. The van der Waals surface area contributed by atoms with E-state index in [-0.39, 0.29) is 6.10 Å². The van der Waals surface area contributed by atoms with E-state index >= 15 is 0 Å². The highest BCUT2D eigenvalue weighted by molar-refractivity contribution is 7.99. The van der Waals surface area contributed by atoms with Crippen molar-refractivity contribution in [1.82, 2.24) is 0 Å². The lowest BCUT2D eigenvalue weighted by molar-refractivity contribution is 0.0674. The van der Waals surface area contributed by atoms with Crippen molar-refractivity contribution in [2.75, 3.05) is 18.9 Å². The minimum Gasteiger partial charge on any atom is -0.377 e. The molecule has 1 fully saturated rings. The van der Waals surface area contributed by atoms with Crippen LogP contribution in [0.25, 0.3) is 0 Å². The molecule has 0 aromatic heterocycles. The molecule has 0 bridgehead atoms. The summed E-state index contributed by atoms with van der Waals surface area (Å²) in [5, 5.41) is 0.892. The molecule has 96 valence electrons. The highest BCUT2D eigenvalue weighted by Gasteiger charge is 2.19. The predicted octanol–water partition coefficient (Wildman–Crippen LogP) is 3.05. The van der Waals surface area contributed by atoms with Crippen molar-refractivity contribution in [2.24, 2.45) is 11.7 Å². The third kappa shape index (κ3) is 5.55. The fourth-order valence-electron chi connectivity index (χ4n) is 2.40. The Morgan fingerprint density at radius 2 is 2.25 bits per heavy atom. The number of nitrogens with two attached hydrogens (primary N) is 1. The van der Waals surface area contributed by atoms with E-state index in [1.807, 2.05) is 6.92 Å². The van der Waals surface area contributed by atoms with E-state index < -0.39 is 0 Å². The third-order valence-corrected chi connectivity index (χ3v) is 4.72. The lowest BCUT2D eigenvalue weighted by Gasteiger charge is -2.26. The maximum atomic E-state index is 5.67. The molecule has 1 aliphatic rings. The van der Waals surface area contributed by atoms with Crippen LogP contribution >= 0.6 is 11.8 Å². The van der Waals surface area contributed by atoms with Gasteiger partial charge in [0.1, 0.15) is 0 Å². The largest absolute Gasteiger partial charge is 0.377 e. The van der Waals surface area contributed by atoms with Gasteiger partial charge in [-0.25, -0.2) is 0 Å². The third-order valence-electron chi connectivity index (χ3n) is 3.35. The first-order chi connectivity index (χ1) is 7.76. The lowest BCUT2D eigenvalue weighted by Crippen LogP contribution is -2.25. The summed E-state index contributed by atoms with van der Waals surface area (Å²) in [5.41, 5.74) is 5.67. The fraction of sp³-hybridized carbons (Fsp3) is 1.00. The van der Waals surface area contributed by atoms with E-state index in [1.165, 1.54) is 31.4 Å². The van der Waals surface area contributed by atoms with Gasteiger partial charge in [-0.1, -0.05) is 19.8 Å². The molecule has 1 rings (SSSR count). The van der Waals surface area contributed by atoms with E-state index in [9.17, 15) is 0 Å². The number of rotatable bonds is 7. The van der Waals surface area contributed by atoms with Gasteiger partial charge in [-0.2, -0.15) is 11.8 Å². The van der Waals surface area contributed by atoms with E-state index in [0.29, 0.717) is 6.54 Å². The van der Waals surface area contributed by atoms with Gasteiger partial charge in [0.15, 0.2) is 0 Å². The van der Waals surface area contributed by atoms with Gasteiger partial charge < -0.3 is 10.5 Å². The summed E-state index contributed by atoms with van der Waals surface area (Å²) < 4.78 is 5.56. The van der Waals surface area contributed by atoms with Crippen LogP contribution in [0, 0.1) is 5.92 Å². The van der Waals surface area contributed by atoms with Crippen LogP contribution in [0.1, 0.15) is 46.0 Å². The molecule has 0 aliphatic heterocycles. The van der Waals surface area contributed by atoms with Crippen molar-refractivity contribution >= 4 is 11.8 Å². The Morgan fingerprint density at radius 3 is 2.88 bits per heavy atom.